The zero-order chi connectivity index (χ0) is 14.7. The number of para-hydroxylation sites is 1. The van der Waals surface area contributed by atoms with E-state index in [0.29, 0.717) is 17.9 Å². The molecule has 1 aromatic carbocycles. The summed E-state index contributed by atoms with van der Waals surface area (Å²) in [4.78, 5) is 11.1. The van der Waals surface area contributed by atoms with E-state index in [4.69, 9.17) is 16.7 Å². The minimum absolute atomic E-state index is 0.00318. The third-order valence-corrected chi connectivity index (χ3v) is 3.57. The number of nitrogens with zero attached hydrogens (tertiary/aromatic N) is 2. The van der Waals surface area contributed by atoms with Crippen LogP contribution in [0.15, 0.2) is 24.3 Å². The van der Waals surface area contributed by atoms with Crippen molar-refractivity contribution in [1.29, 1.82) is 0 Å². The van der Waals surface area contributed by atoms with E-state index in [1.54, 1.807) is 10.7 Å². The van der Waals surface area contributed by atoms with Gasteiger partial charge in [0, 0.05) is 11.3 Å². The van der Waals surface area contributed by atoms with Crippen LogP contribution < -0.4 is 0 Å². The maximum Gasteiger partial charge on any atom is 0.307 e. The van der Waals surface area contributed by atoms with Gasteiger partial charge in [0.15, 0.2) is 0 Å². The number of aromatic nitrogens is 2. The van der Waals surface area contributed by atoms with Crippen molar-refractivity contribution in [1.82, 2.24) is 9.78 Å². The second-order valence-corrected chi connectivity index (χ2v) is 4.92. The summed E-state index contributed by atoms with van der Waals surface area (Å²) in [5, 5.41) is 14.2. The molecule has 1 aromatic heterocycles. The molecule has 0 unspecified atom stereocenters. The zero-order valence-electron chi connectivity index (χ0n) is 11.6. The van der Waals surface area contributed by atoms with E-state index >= 15 is 0 Å². The smallest absolute Gasteiger partial charge is 0.307 e. The Labute approximate surface area is 123 Å². The molecule has 0 amide bonds. The minimum Gasteiger partial charge on any atom is -0.481 e. The van der Waals surface area contributed by atoms with Crippen molar-refractivity contribution in [3.05, 3.63) is 46.2 Å². The van der Waals surface area contributed by atoms with E-state index in [1.807, 2.05) is 32.0 Å². The van der Waals surface area contributed by atoms with Crippen molar-refractivity contribution in [2.24, 2.45) is 0 Å². The highest BCUT2D eigenvalue weighted by atomic mass is 35.5. The number of halogens is 1. The average molecular weight is 293 g/mol. The normalized spacial score (nSPS) is 10.8. The van der Waals surface area contributed by atoms with Crippen LogP contribution in [-0.2, 0) is 24.1 Å². The standard InChI is InChI=1S/C15H17ClN2O2/c1-3-12-10(9-15(19)20)13(4-2)18(17-12)14-8-6-5-7-11(14)16/h5-8H,3-4,9H2,1-2H3,(H,19,20). The highest BCUT2D eigenvalue weighted by molar-refractivity contribution is 6.32. The lowest BCUT2D eigenvalue weighted by molar-refractivity contribution is -0.136. The predicted molar refractivity (Wildman–Crippen MR) is 78.7 cm³/mol. The summed E-state index contributed by atoms with van der Waals surface area (Å²) < 4.78 is 1.78. The van der Waals surface area contributed by atoms with Crippen LogP contribution in [0, 0.1) is 0 Å². The molecule has 0 aliphatic rings. The van der Waals surface area contributed by atoms with Crippen molar-refractivity contribution in [2.75, 3.05) is 0 Å². The first-order chi connectivity index (χ1) is 9.58. The number of benzene rings is 1. The molecule has 20 heavy (non-hydrogen) atoms. The van der Waals surface area contributed by atoms with Crippen LogP contribution in [0.25, 0.3) is 5.69 Å². The largest absolute Gasteiger partial charge is 0.481 e. The molecule has 0 fully saturated rings. The molecule has 5 heteroatoms. The number of aliphatic carboxylic acids is 1. The monoisotopic (exact) mass is 292 g/mol. The van der Waals surface area contributed by atoms with Crippen LogP contribution in [0.5, 0.6) is 0 Å². The van der Waals surface area contributed by atoms with Gasteiger partial charge in [0.2, 0.25) is 0 Å². The summed E-state index contributed by atoms with van der Waals surface area (Å²) in [7, 11) is 0. The summed E-state index contributed by atoms with van der Waals surface area (Å²) >= 11 is 6.22. The molecular weight excluding hydrogens is 276 g/mol. The van der Waals surface area contributed by atoms with Crippen LogP contribution in [0.2, 0.25) is 5.02 Å². The molecule has 1 N–H and O–H groups in total. The van der Waals surface area contributed by atoms with E-state index in [0.717, 1.165) is 22.6 Å². The van der Waals surface area contributed by atoms with E-state index in [2.05, 4.69) is 5.10 Å². The predicted octanol–water partition coefficient (Wildman–Crippen LogP) is 3.28. The van der Waals surface area contributed by atoms with Crippen LogP contribution in [0.1, 0.15) is 30.8 Å². The highest BCUT2D eigenvalue weighted by Crippen LogP contribution is 2.25. The van der Waals surface area contributed by atoms with E-state index in [9.17, 15) is 4.79 Å². The van der Waals surface area contributed by atoms with Gasteiger partial charge >= 0.3 is 5.97 Å². The fourth-order valence-corrected chi connectivity index (χ4v) is 2.58. The Hall–Kier alpha value is -1.81. The van der Waals surface area contributed by atoms with Crippen LogP contribution in [0.4, 0.5) is 0 Å². The van der Waals surface area contributed by atoms with Crippen molar-refractivity contribution in [3.8, 4) is 5.69 Å². The molecule has 0 spiro atoms. The second-order valence-electron chi connectivity index (χ2n) is 4.51. The number of aryl methyl sites for hydroxylation is 1. The third kappa shape index (κ3) is 2.70. The minimum atomic E-state index is -0.840. The van der Waals surface area contributed by atoms with Crippen molar-refractivity contribution in [2.45, 2.75) is 33.1 Å². The van der Waals surface area contributed by atoms with Gasteiger partial charge in [-0.15, -0.1) is 0 Å². The van der Waals surface area contributed by atoms with Crippen molar-refractivity contribution < 1.29 is 9.90 Å². The van der Waals surface area contributed by atoms with Gasteiger partial charge in [-0.2, -0.15) is 5.10 Å². The zero-order valence-corrected chi connectivity index (χ0v) is 12.3. The van der Waals surface area contributed by atoms with Crippen LogP contribution in [0.3, 0.4) is 0 Å². The first-order valence-electron chi connectivity index (χ1n) is 6.64. The molecule has 0 radical (unpaired) electrons. The molecule has 2 rings (SSSR count). The maximum atomic E-state index is 11.1. The molecule has 0 bridgehead atoms. The molecule has 0 aliphatic carbocycles. The number of carboxylic acids is 1. The molecule has 0 atom stereocenters. The lowest BCUT2D eigenvalue weighted by Crippen LogP contribution is -2.06. The van der Waals surface area contributed by atoms with E-state index < -0.39 is 5.97 Å². The summed E-state index contributed by atoms with van der Waals surface area (Å²) in [6.45, 7) is 3.97. The van der Waals surface area contributed by atoms with Gasteiger partial charge in [0.25, 0.3) is 0 Å². The Balaban J connectivity index is 2.62. The van der Waals surface area contributed by atoms with Crippen molar-refractivity contribution >= 4 is 17.6 Å². The number of carbonyl (C=O) groups is 1. The lowest BCUT2D eigenvalue weighted by atomic mass is 10.1. The number of rotatable bonds is 5. The van der Waals surface area contributed by atoms with Gasteiger partial charge in [0.05, 0.1) is 22.8 Å². The quantitative estimate of drug-likeness (QED) is 0.920. The number of hydrogen-bond donors (Lipinski definition) is 1. The molecule has 0 aliphatic heterocycles. The highest BCUT2D eigenvalue weighted by Gasteiger charge is 2.19. The molecule has 106 valence electrons. The summed E-state index contributed by atoms with van der Waals surface area (Å²) in [6.07, 6.45) is 1.41. The van der Waals surface area contributed by atoms with Gasteiger partial charge in [-0.3, -0.25) is 4.79 Å². The maximum absolute atomic E-state index is 11.1. The summed E-state index contributed by atoms with van der Waals surface area (Å²) in [6, 6.07) is 7.45. The Morgan fingerprint density at radius 3 is 2.55 bits per heavy atom. The Morgan fingerprint density at radius 1 is 1.30 bits per heavy atom. The SMILES string of the molecule is CCc1nn(-c2ccccc2Cl)c(CC)c1CC(=O)O. The fourth-order valence-electron chi connectivity index (χ4n) is 2.36. The van der Waals surface area contributed by atoms with Gasteiger partial charge in [-0.05, 0) is 25.0 Å². The first-order valence-corrected chi connectivity index (χ1v) is 7.02. The van der Waals surface area contributed by atoms with Gasteiger partial charge in [0.1, 0.15) is 0 Å². The van der Waals surface area contributed by atoms with Crippen LogP contribution >= 0.6 is 11.6 Å². The summed E-state index contributed by atoms with van der Waals surface area (Å²) in [5.41, 5.74) is 3.33. The molecule has 2 aromatic rings. The molecular formula is C15H17ClN2O2. The van der Waals surface area contributed by atoms with Crippen LogP contribution in [-0.4, -0.2) is 20.9 Å². The molecule has 4 nitrogen and oxygen atoms in total. The summed E-state index contributed by atoms with van der Waals surface area (Å²) in [5.74, 6) is -0.840. The lowest BCUT2D eigenvalue weighted by Gasteiger charge is -2.08. The van der Waals surface area contributed by atoms with E-state index in [1.165, 1.54) is 0 Å². The Bertz CT molecular complexity index is 635. The average Bonchev–Trinajstić information content (AvgIpc) is 2.76. The third-order valence-electron chi connectivity index (χ3n) is 3.25. The van der Waals surface area contributed by atoms with Crippen molar-refractivity contribution in [3.63, 3.8) is 0 Å². The second kappa shape index (κ2) is 6.09. The van der Waals surface area contributed by atoms with Gasteiger partial charge in [-0.1, -0.05) is 37.6 Å². The Kier molecular flexibility index (Phi) is 4.45. The number of hydrogen-bond acceptors (Lipinski definition) is 2. The van der Waals surface area contributed by atoms with Gasteiger partial charge in [-0.25, -0.2) is 4.68 Å². The first kappa shape index (κ1) is 14.6. The van der Waals surface area contributed by atoms with Gasteiger partial charge < -0.3 is 5.11 Å². The topological polar surface area (TPSA) is 55.1 Å². The molecule has 0 saturated heterocycles. The Morgan fingerprint density at radius 2 is 2.00 bits per heavy atom. The molecule has 0 saturated carbocycles. The number of carboxylic acid groups (broad SMARTS) is 1. The van der Waals surface area contributed by atoms with E-state index in [-0.39, 0.29) is 6.42 Å². The molecule has 1 heterocycles. The fraction of sp³-hybridized carbons (Fsp3) is 0.333.